The Morgan fingerprint density at radius 1 is 1.14 bits per heavy atom. The second-order valence-electron chi connectivity index (χ2n) is 7.34. The largest absolute Gasteiger partial charge is 0.489 e. The maximum Gasteiger partial charge on any atom is 0.173 e. The molecule has 0 saturated carbocycles. The monoisotopic (exact) mass is 408 g/mol. The van der Waals surface area contributed by atoms with Gasteiger partial charge in [-0.05, 0) is 56.6 Å². The number of carbonyl (C=O) groups is 1. The standard InChI is InChI=1S/C24H28N2O2S/c1-5-14-26-17(3)22(18(4)27)23(25-24(26)29)20-12-8-9-13-21(20)28-15-19-11-7-6-10-16(19)2/h6-13,23H,5,14-15H2,1-4H3,(H,25,29). The third-order valence-electron chi connectivity index (χ3n) is 5.30. The van der Waals surface area contributed by atoms with Crippen LogP contribution in [0.25, 0.3) is 0 Å². The summed E-state index contributed by atoms with van der Waals surface area (Å²) in [4.78, 5) is 14.6. The zero-order valence-corrected chi connectivity index (χ0v) is 18.3. The van der Waals surface area contributed by atoms with E-state index in [1.165, 1.54) is 5.56 Å². The first-order chi connectivity index (χ1) is 13.9. The van der Waals surface area contributed by atoms with Gasteiger partial charge in [0.05, 0.1) is 6.04 Å². The summed E-state index contributed by atoms with van der Waals surface area (Å²) in [5.74, 6) is 0.795. The van der Waals surface area contributed by atoms with Crippen molar-refractivity contribution < 1.29 is 9.53 Å². The number of nitrogens with zero attached hydrogens (tertiary/aromatic N) is 1. The molecule has 0 bridgehead atoms. The van der Waals surface area contributed by atoms with Crippen molar-refractivity contribution >= 4 is 23.1 Å². The second kappa shape index (κ2) is 9.23. The highest BCUT2D eigenvalue weighted by Crippen LogP contribution is 2.36. The minimum atomic E-state index is -0.318. The van der Waals surface area contributed by atoms with E-state index in [1.807, 2.05) is 48.2 Å². The summed E-state index contributed by atoms with van der Waals surface area (Å²) in [6.07, 6.45) is 0.950. The lowest BCUT2D eigenvalue weighted by Gasteiger charge is -2.38. The number of ether oxygens (including phenoxy) is 1. The average molecular weight is 409 g/mol. The summed E-state index contributed by atoms with van der Waals surface area (Å²) >= 11 is 5.62. The van der Waals surface area contributed by atoms with Crippen LogP contribution in [0.2, 0.25) is 0 Å². The van der Waals surface area contributed by atoms with Gasteiger partial charge in [0.2, 0.25) is 0 Å². The fourth-order valence-electron chi connectivity index (χ4n) is 3.74. The number of hydrogen-bond donors (Lipinski definition) is 1. The summed E-state index contributed by atoms with van der Waals surface area (Å²) in [6.45, 7) is 9.03. The molecule has 4 nitrogen and oxygen atoms in total. The van der Waals surface area contributed by atoms with Gasteiger partial charge >= 0.3 is 0 Å². The van der Waals surface area contributed by atoms with E-state index in [9.17, 15) is 4.79 Å². The van der Waals surface area contributed by atoms with Crippen molar-refractivity contribution in [3.63, 3.8) is 0 Å². The molecular formula is C24H28N2O2S. The highest BCUT2D eigenvalue weighted by atomic mass is 32.1. The Labute approximate surface area is 178 Å². The van der Waals surface area contributed by atoms with Gasteiger partial charge in [0.25, 0.3) is 0 Å². The van der Waals surface area contributed by atoms with Gasteiger partial charge in [-0.2, -0.15) is 0 Å². The van der Waals surface area contributed by atoms with E-state index in [0.29, 0.717) is 11.7 Å². The van der Waals surface area contributed by atoms with Crippen LogP contribution < -0.4 is 10.1 Å². The first kappa shape index (κ1) is 21.1. The molecule has 5 heteroatoms. The van der Waals surface area contributed by atoms with E-state index < -0.39 is 0 Å². The predicted molar refractivity (Wildman–Crippen MR) is 121 cm³/mol. The first-order valence-electron chi connectivity index (χ1n) is 10.00. The maximum absolute atomic E-state index is 12.6. The second-order valence-corrected chi connectivity index (χ2v) is 7.73. The number of Topliss-reactive ketones (excluding diaryl/α,β-unsaturated/α-hetero) is 1. The molecule has 0 spiro atoms. The number of para-hydroxylation sites is 1. The molecule has 2 aromatic rings. The SMILES string of the molecule is CCCN1C(=S)NC(c2ccccc2OCc2ccccc2C)C(C(C)=O)=C1C. The van der Waals surface area contributed by atoms with Gasteiger partial charge < -0.3 is 15.0 Å². The van der Waals surface area contributed by atoms with Crippen molar-refractivity contribution in [2.45, 2.75) is 46.8 Å². The summed E-state index contributed by atoms with van der Waals surface area (Å²) in [6, 6.07) is 15.7. The molecule has 0 aliphatic carbocycles. The van der Waals surface area contributed by atoms with Crippen molar-refractivity contribution in [1.82, 2.24) is 10.2 Å². The summed E-state index contributed by atoms with van der Waals surface area (Å²) in [5, 5.41) is 4.02. The molecule has 1 aliphatic rings. The highest BCUT2D eigenvalue weighted by Gasteiger charge is 2.33. The third-order valence-corrected chi connectivity index (χ3v) is 5.64. The Balaban J connectivity index is 1.96. The van der Waals surface area contributed by atoms with E-state index in [4.69, 9.17) is 17.0 Å². The molecule has 1 unspecified atom stereocenters. The van der Waals surface area contributed by atoms with E-state index in [-0.39, 0.29) is 11.8 Å². The van der Waals surface area contributed by atoms with Crippen molar-refractivity contribution in [3.8, 4) is 5.75 Å². The molecule has 0 amide bonds. The maximum atomic E-state index is 12.6. The summed E-state index contributed by atoms with van der Waals surface area (Å²) in [7, 11) is 0. The Morgan fingerprint density at radius 2 is 1.83 bits per heavy atom. The lowest BCUT2D eigenvalue weighted by atomic mass is 9.92. The van der Waals surface area contributed by atoms with Gasteiger partial charge in [-0.1, -0.05) is 49.4 Å². The Bertz CT molecular complexity index is 951. The zero-order chi connectivity index (χ0) is 21.0. The smallest absolute Gasteiger partial charge is 0.173 e. The Kier molecular flexibility index (Phi) is 6.70. The molecule has 3 rings (SSSR count). The predicted octanol–water partition coefficient (Wildman–Crippen LogP) is 5.08. The number of allylic oxidation sites excluding steroid dienone is 1. The molecule has 0 fully saturated rings. The molecule has 1 atom stereocenters. The van der Waals surface area contributed by atoms with Gasteiger partial charge in [0.15, 0.2) is 10.9 Å². The molecule has 1 aliphatic heterocycles. The lowest BCUT2D eigenvalue weighted by molar-refractivity contribution is -0.114. The number of nitrogens with one attached hydrogen (secondary N) is 1. The zero-order valence-electron chi connectivity index (χ0n) is 17.5. The first-order valence-corrected chi connectivity index (χ1v) is 10.4. The van der Waals surface area contributed by atoms with E-state index in [1.54, 1.807) is 6.92 Å². The molecule has 2 aromatic carbocycles. The highest BCUT2D eigenvalue weighted by molar-refractivity contribution is 7.80. The quantitative estimate of drug-likeness (QED) is 0.647. The van der Waals surface area contributed by atoms with Crippen LogP contribution in [-0.2, 0) is 11.4 Å². The molecule has 0 radical (unpaired) electrons. The summed E-state index contributed by atoms with van der Waals surface area (Å²) < 4.78 is 6.20. The number of thiocarbonyl (C=S) groups is 1. The fourth-order valence-corrected chi connectivity index (χ4v) is 4.09. The number of ketones is 1. The van der Waals surface area contributed by atoms with Gasteiger partial charge in [-0.25, -0.2) is 0 Å². The Morgan fingerprint density at radius 3 is 2.52 bits per heavy atom. The van der Waals surface area contributed by atoms with Crippen LogP contribution in [-0.4, -0.2) is 22.3 Å². The van der Waals surface area contributed by atoms with Gasteiger partial charge in [-0.15, -0.1) is 0 Å². The number of hydrogen-bond acceptors (Lipinski definition) is 3. The molecular weight excluding hydrogens is 380 g/mol. The fraction of sp³-hybridized carbons (Fsp3) is 0.333. The third kappa shape index (κ3) is 4.51. The normalized spacial score (nSPS) is 16.6. The summed E-state index contributed by atoms with van der Waals surface area (Å²) in [5.41, 5.74) is 4.91. The molecule has 1 heterocycles. The van der Waals surface area contributed by atoms with Crippen molar-refractivity contribution in [1.29, 1.82) is 0 Å². The van der Waals surface area contributed by atoms with E-state index >= 15 is 0 Å². The molecule has 29 heavy (non-hydrogen) atoms. The topological polar surface area (TPSA) is 41.6 Å². The van der Waals surface area contributed by atoms with Crippen LogP contribution in [0.5, 0.6) is 5.75 Å². The van der Waals surface area contributed by atoms with E-state index in [0.717, 1.165) is 41.1 Å². The van der Waals surface area contributed by atoms with Gasteiger partial charge in [0, 0.05) is 23.4 Å². The number of aryl methyl sites for hydroxylation is 1. The van der Waals surface area contributed by atoms with Crippen LogP contribution in [0, 0.1) is 6.92 Å². The van der Waals surface area contributed by atoms with Crippen LogP contribution in [0.1, 0.15) is 49.9 Å². The van der Waals surface area contributed by atoms with Crippen LogP contribution in [0.3, 0.4) is 0 Å². The van der Waals surface area contributed by atoms with Gasteiger partial charge in [0.1, 0.15) is 12.4 Å². The van der Waals surface area contributed by atoms with Crippen molar-refractivity contribution in [2.24, 2.45) is 0 Å². The lowest BCUT2D eigenvalue weighted by Crippen LogP contribution is -2.47. The number of benzene rings is 2. The number of carbonyl (C=O) groups excluding carboxylic acids is 1. The molecule has 0 saturated heterocycles. The number of rotatable bonds is 7. The Hall–Kier alpha value is -2.66. The molecule has 152 valence electrons. The van der Waals surface area contributed by atoms with Crippen LogP contribution in [0.15, 0.2) is 59.8 Å². The van der Waals surface area contributed by atoms with Gasteiger partial charge in [-0.3, -0.25) is 4.79 Å². The van der Waals surface area contributed by atoms with Crippen molar-refractivity contribution in [2.75, 3.05) is 6.54 Å². The van der Waals surface area contributed by atoms with Crippen molar-refractivity contribution in [3.05, 3.63) is 76.5 Å². The van der Waals surface area contributed by atoms with E-state index in [2.05, 4.69) is 31.3 Å². The van der Waals surface area contributed by atoms with Crippen LogP contribution in [0.4, 0.5) is 0 Å². The molecule has 1 N–H and O–H groups in total. The minimum absolute atomic E-state index is 0.0392. The minimum Gasteiger partial charge on any atom is -0.489 e. The average Bonchev–Trinajstić information content (AvgIpc) is 2.70. The molecule has 0 aromatic heterocycles. The van der Waals surface area contributed by atoms with Crippen LogP contribution >= 0.6 is 12.2 Å².